The minimum absolute atomic E-state index is 0.130. The number of ether oxygens (including phenoxy) is 1. The molecular formula is C11H10BrNO4S2. The summed E-state index contributed by atoms with van der Waals surface area (Å²) in [6.07, 6.45) is 0. The maximum absolute atomic E-state index is 12.0. The number of phenols is 1. The van der Waals surface area contributed by atoms with Crippen LogP contribution in [-0.4, -0.2) is 20.6 Å². The predicted octanol–water partition coefficient (Wildman–Crippen LogP) is 3.03. The first-order chi connectivity index (χ1) is 8.92. The van der Waals surface area contributed by atoms with Gasteiger partial charge in [0.2, 0.25) is 0 Å². The van der Waals surface area contributed by atoms with E-state index in [0.717, 1.165) is 15.1 Å². The van der Waals surface area contributed by atoms with Crippen LogP contribution in [0.25, 0.3) is 0 Å². The van der Waals surface area contributed by atoms with Crippen molar-refractivity contribution in [3.63, 3.8) is 0 Å². The van der Waals surface area contributed by atoms with Crippen LogP contribution in [0.1, 0.15) is 0 Å². The highest BCUT2D eigenvalue weighted by Crippen LogP contribution is 2.31. The molecule has 1 aromatic heterocycles. The Morgan fingerprint density at radius 1 is 1.32 bits per heavy atom. The van der Waals surface area contributed by atoms with Gasteiger partial charge in [0.05, 0.1) is 16.6 Å². The minimum atomic E-state index is -3.64. The zero-order valence-corrected chi connectivity index (χ0v) is 13.0. The number of anilines is 1. The minimum Gasteiger partial charge on any atom is -0.504 e. The van der Waals surface area contributed by atoms with Crippen molar-refractivity contribution in [2.24, 2.45) is 0 Å². The fourth-order valence-corrected chi connectivity index (χ4v) is 4.46. The smallest absolute Gasteiger partial charge is 0.271 e. The Morgan fingerprint density at radius 2 is 2.05 bits per heavy atom. The molecule has 1 aromatic carbocycles. The molecule has 2 N–H and O–H groups in total. The summed E-state index contributed by atoms with van der Waals surface area (Å²) in [5.74, 6) is 0.150. The Labute approximate surface area is 123 Å². The zero-order valence-electron chi connectivity index (χ0n) is 9.75. The molecule has 2 aromatic rings. The van der Waals surface area contributed by atoms with Crippen LogP contribution in [0.3, 0.4) is 0 Å². The quantitative estimate of drug-likeness (QED) is 0.875. The molecule has 0 aliphatic heterocycles. The van der Waals surface area contributed by atoms with E-state index < -0.39 is 10.0 Å². The number of thiophene rings is 1. The van der Waals surface area contributed by atoms with E-state index in [9.17, 15) is 13.5 Å². The molecule has 0 bridgehead atoms. The van der Waals surface area contributed by atoms with E-state index >= 15 is 0 Å². The molecule has 0 saturated carbocycles. The summed E-state index contributed by atoms with van der Waals surface area (Å²) in [6.45, 7) is 0. The first-order valence-electron chi connectivity index (χ1n) is 5.07. The van der Waals surface area contributed by atoms with Crippen LogP contribution in [-0.2, 0) is 10.0 Å². The van der Waals surface area contributed by atoms with Crippen molar-refractivity contribution < 1.29 is 18.3 Å². The van der Waals surface area contributed by atoms with Gasteiger partial charge in [-0.1, -0.05) is 0 Å². The molecule has 8 heteroatoms. The molecule has 102 valence electrons. The van der Waals surface area contributed by atoms with Crippen molar-refractivity contribution in [1.82, 2.24) is 0 Å². The molecule has 2 rings (SSSR count). The molecular weight excluding hydrogens is 354 g/mol. The van der Waals surface area contributed by atoms with E-state index in [-0.39, 0.29) is 21.4 Å². The van der Waals surface area contributed by atoms with Gasteiger partial charge in [-0.05, 0) is 40.2 Å². The lowest BCUT2D eigenvalue weighted by atomic mass is 10.3. The van der Waals surface area contributed by atoms with Crippen molar-refractivity contribution in [2.45, 2.75) is 4.21 Å². The molecule has 0 spiro atoms. The molecule has 5 nitrogen and oxygen atoms in total. The van der Waals surface area contributed by atoms with Crippen LogP contribution in [0.15, 0.2) is 38.3 Å². The number of hydrogen-bond acceptors (Lipinski definition) is 5. The van der Waals surface area contributed by atoms with Crippen LogP contribution in [0, 0.1) is 0 Å². The Bertz CT molecular complexity index is 696. The van der Waals surface area contributed by atoms with E-state index in [2.05, 4.69) is 20.7 Å². The maximum atomic E-state index is 12.0. The fraction of sp³-hybridized carbons (Fsp3) is 0.0909. The number of rotatable bonds is 4. The Hall–Kier alpha value is -1.25. The average Bonchev–Trinajstić information content (AvgIpc) is 2.76. The number of hydrogen-bond donors (Lipinski definition) is 2. The number of phenolic OH excluding ortho intramolecular Hbond substituents is 1. The van der Waals surface area contributed by atoms with Gasteiger partial charge in [0, 0.05) is 6.07 Å². The van der Waals surface area contributed by atoms with Crippen molar-refractivity contribution in [1.29, 1.82) is 0 Å². The van der Waals surface area contributed by atoms with Gasteiger partial charge in [-0.2, -0.15) is 0 Å². The van der Waals surface area contributed by atoms with Gasteiger partial charge in [-0.25, -0.2) is 8.42 Å². The molecule has 0 aliphatic carbocycles. The molecule has 1 heterocycles. The van der Waals surface area contributed by atoms with E-state index in [0.29, 0.717) is 0 Å². The standard InChI is InChI=1S/C11H10BrNO4S2/c1-17-9-3-2-7(6-8(9)14)13-19(15,16)11-5-4-10(12)18-11/h2-6,13-14H,1H3. The Morgan fingerprint density at radius 3 is 2.58 bits per heavy atom. The lowest BCUT2D eigenvalue weighted by molar-refractivity contribution is 0.373. The number of aromatic hydroxyl groups is 1. The van der Waals surface area contributed by atoms with Gasteiger partial charge in [0.25, 0.3) is 10.0 Å². The SMILES string of the molecule is COc1ccc(NS(=O)(=O)c2ccc(Br)s2)cc1O. The molecule has 0 unspecified atom stereocenters. The van der Waals surface area contributed by atoms with Crippen molar-refractivity contribution in [3.05, 3.63) is 34.1 Å². The largest absolute Gasteiger partial charge is 0.504 e. The predicted molar refractivity (Wildman–Crippen MR) is 77.5 cm³/mol. The first kappa shape index (κ1) is 14.2. The number of methoxy groups -OCH3 is 1. The van der Waals surface area contributed by atoms with Gasteiger partial charge in [0.1, 0.15) is 4.21 Å². The van der Waals surface area contributed by atoms with Crippen LogP contribution in [0.5, 0.6) is 11.5 Å². The van der Waals surface area contributed by atoms with Crippen molar-refractivity contribution in [2.75, 3.05) is 11.8 Å². The summed E-state index contributed by atoms with van der Waals surface area (Å²) in [5.41, 5.74) is 0.267. The lowest BCUT2D eigenvalue weighted by Crippen LogP contribution is -2.11. The number of benzene rings is 1. The fourth-order valence-electron chi connectivity index (χ4n) is 1.40. The molecule has 0 radical (unpaired) electrons. The van der Waals surface area contributed by atoms with Crippen LogP contribution < -0.4 is 9.46 Å². The molecule has 0 fully saturated rings. The summed E-state index contributed by atoms with van der Waals surface area (Å²) in [7, 11) is -2.22. The van der Waals surface area contributed by atoms with E-state index in [1.165, 1.54) is 31.4 Å². The highest BCUT2D eigenvalue weighted by molar-refractivity contribution is 9.11. The van der Waals surface area contributed by atoms with Crippen LogP contribution in [0.2, 0.25) is 0 Å². The monoisotopic (exact) mass is 363 g/mol. The normalized spacial score (nSPS) is 11.3. The topological polar surface area (TPSA) is 75.6 Å². The highest BCUT2D eigenvalue weighted by Gasteiger charge is 2.17. The molecule has 19 heavy (non-hydrogen) atoms. The molecule has 0 aliphatic rings. The summed E-state index contributed by atoms with van der Waals surface area (Å²) in [5, 5.41) is 9.60. The van der Waals surface area contributed by atoms with E-state index in [1.54, 1.807) is 6.07 Å². The second-order valence-corrected chi connectivity index (χ2v) is 7.92. The van der Waals surface area contributed by atoms with Gasteiger partial charge in [-0.3, -0.25) is 4.72 Å². The van der Waals surface area contributed by atoms with Crippen LogP contribution >= 0.6 is 27.3 Å². The summed E-state index contributed by atoms with van der Waals surface area (Å²) in [4.78, 5) is 0. The number of sulfonamides is 1. The molecule has 0 amide bonds. The van der Waals surface area contributed by atoms with Crippen molar-refractivity contribution >= 4 is 43.0 Å². The van der Waals surface area contributed by atoms with Gasteiger partial charge < -0.3 is 9.84 Å². The van der Waals surface area contributed by atoms with E-state index in [4.69, 9.17) is 4.74 Å². The second-order valence-electron chi connectivity index (χ2n) is 3.55. The molecule has 0 saturated heterocycles. The van der Waals surface area contributed by atoms with Gasteiger partial charge in [-0.15, -0.1) is 11.3 Å². The van der Waals surface area contributed by atoms with E-state index in [1.807, 2.05) is 0 Å². The highest BCUT2D eigenvalue weighted by atomic mass is 79.9. The molecule has 0 atom stereocenters. The zero-order chi connectivity index (χ0) is 14.0. The number of halogens is 1. The Balaban J connectivity index is 2.28. The third-order valence-corrected chi connectivity index (χ3v) is 5.74. The van der Waals surface area contributed by atoms with Gasteiger partial charge >= 0.3 is 0 Å². The van der Waals surface area contributed by atoms with Gasteiger partial charge in [0.15, 0.2) is 11.5 Å². The average molecular weight is 364 g/mol. The third kappa shape index (κ3) is 3.20. The maximum Gasteiger partial charge on any atom is 0.271 e. The summed E-state index contributed by atoms with van der Waals surface area (Å²) < 4.78 is 32.3. The first-order valence-corrected chi connectivity index (χ1v) is 8.17. The second kappa shape index (κ2) is 5.40. The lowest BCUT2D eigenvalue weighted by Gasteiger charge is -2.08. The number of nitrogens with one attached hydrogen (secondary N) is 1. The Kier molecular flexibility index (Phi) is 4.02. The van der Waals surface area contributed by atoms with Crippen LogP contribution in [0.4, 0.5) is 5.69 Å². The third-order valence-electron chi connectivity index (χ3n) is 2.24. The summed E-state index contributed by atoms with van der Waals surface area (Å²) >= 11 is 4.32. The summed E-state index contributed by atoms with van der Waals surface area (Å²) in [6, 6.07) is 7.44. The van der Waals surface area contributed by atoms with Crippen molar-refractivity contribution in [3.8, 4) is 11.5 Å².